The van der Waals surface area contributed by atoms with Gasteiger partial charge in [0.05, 0.1) is 22.1 Å². The molecule has 2 heterocycles. The fraction of sp³-hybridized carbons (Fsp3) is 0.105. The first kappa shape index (κ1) is 13.2. The number of aryl methyl sites for hydroxylation is 2. The van der Waals surface area contributed by atoms with Gasteiger partial charge in [0.15, 0.2) is 0 Å². The molecule has 0 aliphatic heterocycles. The van der Waals surface area contributed by atoms with E-state index in [1.165, 1.54) is 0 Å². The molecule has 0 atom stereocenters. The van der Waals surface area contributed by atoms with Crippen LogP contribution in [0, 0.1) is 13.8 Å². The van der Waals surface area contributed by atoms with Crippen LogP contribution >= 0.6 is 0 Å². The van der Waals surface area contributed by atoms with Gasteiger partial charge in [-0.3, -0.25) is 14.8 Å². The first-order valence-electron chi connectivity index (χ1n) is 7.72. The average Bonchev–Trinajstić information content (AvgIpc) is 2.91. The van der Waals surface area contributed by atoms with E-state index >= 15 is 0 Å². The summed E-state index contributed by atoms with van der Waals surface area (Å²) in [5, 5.41) is 0. The Morgan fingerprint density at radius 1 is 0.708 bits per heavy atom. The Morgan fingerprint density at radius 2 is 1.25 bits per heavy atom. The van der Waals surface area contributed by atoms with E-state index in [1.807, 2.05) is 38.1 Å². The quantitative estimate of drug-likeness (QED) is 0.410. The van der Waals surface area contributed by atoms with Crippen LogP contribution < -0.4 is 0 Å². The minimum atomic E-state index is -0.0636. The maximum atomic E-state index is 12.7. The molecule has 5 heteroatoms. The van der Waals surface area contributed by atoms with Crippen LogP contribution in [0.15, 0.2) is 36.7 Å². The molecule has 0 saturated carbocycles. The molecule has 2 aromatic heterocycles. The lowest BCUT2D eigenvalue weighted by atomic mass is 10.1. The van der Waals surface area contributed by atoms with Crippen molar-refractivity contribution in [3.63, 3.8) is 0 Å². The highest BCUT2D eigenvalue weighted by Gasteiger charge is 2.30. The van der Waals surface area contributed by atoms with Crippen LogP contribution in [0.4, 0.5) is 0 Å². The van der Waals surface area contributed by atoms with Crippen molar-refractivity contribution in [1.82, 2.24) is 19.9 Å². The summed E-state index contributed by atoms with van der Waals surface area (Å²) in [6, 6.07) is 7.52. The molecule has 0 spiro atoms. The zero-order chi connectivity index (χ0) is 16.4. The Bertz CT molecular complexity index is 1200. The van der Waals surface area contributed by atoms with Crippen molar-refractivity contribution >= 4 is 27.9 Å². The number of hydrogen-bond acceptors (Lipinski definition) is 5. The number of rotatable bonds is 0. The number of benzene rings is 2. The Hall–Kier alpha value is -3.21. The predicted molar refractivity (Wildman–Crippen MR) is 91.0 cm³/mol. The normalized spacial score (nSPS) is 12.7. The van der Waals surface area contributed by atoms with Crippen molar-refractivity contribution in [3.05, 3.63) is 59.0 Å². The molecule has 2 aromatic carbocycles. The van der Waals surface area contributed by atoms with E-state index in [0.29, 0.717) is 17.0 Å². The molecule has 0 fully saturated rings. The van der Waals surface area contributed by atoms with Crippen molar-refractivity contribution in [2.45, 2.75) is 13.8 Å². The molecule has 0 N–H and O–H groups in total. The zero-order valence-electron chi connectivity index (χ0n) is 13.2. The number of carbonyl (C=O) groups excluding carboxylic acids is 1. The van der Waals surface area contributed by atoms with Gasteiger partial charge >= 0.3 is 0 Å². The molecule has 5 rings (SSSR count). The molecule has 114 valence electrons. The molecule has 1 aliphatic carbocycles. The van der Waals surface area contributed by atoms with Crippen molar-refractivity contribution in [1.29, 1.82) is 0 Å². The van der Waals surface area contributed by atoms with Gasteiger partial charge in [0, 0.05) is 34.6 Å². The van der Waals surface area contributed by atoms with E-state index in [9.17, 15) is 4.79 Å². The van der Waals surface area contributed by atoms with Crippen LogP contribution in [-0.4, -0.2) is 25.7 Å². The highest BCUT2D eigenvalue weighted by Crippen LogP contribution is 2.37. The second-order valence-corrected chi connectivity index (χ2v) is 6.00. The zero-order valence-corrected chi connectivity index (χ0v) is 13.2. The van der Waals surface area contributed by atoms with Gasteiger partial charge in [0.2, 0.25) is 5.78 Å². The van der Waals surface area contributed by atoms with Crippen molar-refractivity contribution < 1.29 is 4.79 Å². The van der Waals surface area contributed by atoms with Gasteiger partial charge in [-0.05, 0) is 13.8 Å². The molecule has 5 nitrogen and oxygen atoms in total. The van der Waals surface area contributed by atoms with E-state index in [2.05, 4.69) is 15.0 Å². The van der Waals surface area contributed by atoms with Gasteiger partial charge in [-0.1, -0.05) is 24.3 Å². The third-order valence-electron chi connectivity index (χ3n) is 4.66. The summed E-state index contributed by atoms with van der Waals surface area (Å²) >= 11 is 0. The van der Waals surface area contributed by atoms with E-state index in [0.717, 1.165) is 38.8 Å². The summed E-state index contributed by atoms with van der Waals surface area (Å²) in [7, 11) is 0. The Kier molecular flexibility index (Phi) is 2.44. The lowest BCUT2D eigenvalue weighted by molar-refractivity contribution is 0.103. The minimum Gasteiger partial charge on any atom is -0.287 e. The van der Waals surface area contributed by atoms with Gasteiger partial charge in [0.25, 0.3) is 0 Å². The fourth-order valence-corrected chi connectivity index (χ4v) is 3.43. The lowest BCUT2D eigenvalue weighted by Crippen LogP contribution is -2.03. The molecule has 1 aliphatic rings. The van der Waals surface area contributed by atoms with Gasteiger partial charge in [-0.2, -0.15) is 0 Å². The van der Waals surface area contributed by atoms with Gasteiger partial charge in [-0.25, -0.2) is 9.97 Å². The Balaban J connectivity index is 1.98. The molecular weight excluding hydrogens is 300 g/mol. The molecule has 0 saturated heterocycles. The SMILES string of the molecule is Cc1c2nccnc2c(C)c2nc3c(nc12)C(=O)c1ccccc1-3. The van der Waals surface area contributed by atoms with Crippen LogP contribution in [-0.2, 0) is 0 Å². The third kappa shape index (κ3) is 1.51. The molecule has 4 aromatic rings. The second kappa shape index (κ2) is 4.41. The smallest absolute Gasteiger partial charge is 0.214 e. The van der Waals surface area contributed by atoms with E-state index in [4.69, 9.17) is 4.98 Å². The maximum absolute atomic E-state index is 12.7. The largest absolute Gasteiger partial charge is 0.287 e. The monoisotopic (exact) mass is 312 g/mol. The van der Waals surface area contributed by atoms with Gasteiger partial charge in [-0.15, -0.1) is 0 Å². The van der Waals surface area contributed by atoms with Gasteiger partial charge < -0.3 is 0 Å². The number of fused-ring (bicyclic) bond motifs is 5. The van der Waals surface area contributed by atoms with Crippen LogP contribution in [0.1, 0.15) is 27.2 Å². The highest BCUT2D eigenvalue weighted by molar-refractivity contribution is 6.20. The Morgan fingerprint density at radius 3 is 1.88 bits per heavy atom. The van der Waals surface area contributed by atoms with Gasteiger partial charge in [0.1, 0.15) is 11.4 Å². The third-order valence-corrected chi connectivity index (χ3v) is 4.66. The number of hydrogen-bond donors (Lipinski definition) is 0. The Labute approximate surface area is 137 Å². The average molecular weight is 312 g/mol. The number of ketones is 1. The van der Waals surface area contributed by atoms with Crippen molar-refractivity contribution in [3.8, 4) is 11.3 Å². The number of carbonyl (C=O) groups is 1. The highest BCUT2D eigenvalue weighted by atomic mass is 16.1. The molecule has 0 amide bonds. The van der Waals surface area contributed by atoms with Crippen LogP contribution in [0.3, 0.4) is 0 Å². The summed E-state index contributed by atoms with van der Waals surface area (Å²) in [4.78, 5) is 31.0. The van der Waals surface area contributed by atoms with E-state index < -0.39 is 0 Å². The number of aromatic nitrogens is 4. The van der Waals surface area contributed by atoms with E-state index in [-0.39, 0.29) is 5.78 Å². The topological polar surface area (TPSA) is 68.6 Å². The summed E-state index contributed by atoms with van der Waals surface area (Å²) in [6.45, 7) is 3.93. The van der Waals surface area contributed by atoms with Crippen molar-refractivity contribution in [2.75, 3.05) is 0 Å². The standard InChI is InChI=1S/C19H12N4O/c1-9-13-14(21-8-7-20-13)10(2)16-15(9)22-17-11-5-3-4-6-12(11)19(24)18(17)23-16/h3-8H,1-2H3. The minimum absolute atomic E-state index is 0.0636. The van der Waals surface area contributed by atoms with Crippen LogP contribution in [0.2, 0.25) is 0 Å². The maximum Gasteiger partial charge on any atom is 0.214 e. The summed E-state index contributed by atoms with van der Waals surface area (Å²) < 4.78 is 0. The first-order chi connectivity index (χ1) is 11.7. The molecule has 24 heavy (non-hydrogen) atoms. The summed E-state index contributed by atoms with van der Waals surface area (Å²) in [5.41, 5.74) is 7.58. The van der Waals surface area contributed by atoms with Crippen LogP contribution in [0.5, 0.6) is 0 Å². The molecular formula is C19H12N4O. The molecule has 0 unspecified atom stereocenters. The predicted octanol–water partition coefficient (Wildman–Crippen LogP) is 3.40. The molecule has 0 bridgehead atoms. The summed E-state index contributed by atoms with van der Waals surface area (Å²) in [5.74, 6) is -0.0636. The van der Waals surface area contributed by atoms with Crippen molar-refractivity contribution in [2.24, 2.45) is 0 Å². The van der Waals surface area contributed by atoms with Crippen LogP contribution in [0.25, 0.3) is 33.3 Å². The number of nitrogens with zero attached hydrogens (tertiary/aromatic N) is 4. The molecule has 0 radical (unpaired) electrons. The fourth-order valence-electron chi connectivity index (χ4n) is 3.43. The lowest BCUT2D eigenvalue weighted by Gasteiger charge is -2.10. The first-order valence-corrected chi connectivity index (χ1v) is 7.72. The van der Waals surface area contributed by atoms with E-state index in [1.54, 1.807) is 12.4 Å². The second-order valence-electron chi connectivity index (χ2n) is 6.00. The summed E-state index contributed by atoms with van der Waals surface area (Å²) in [6.07, 6.45) is 3.35.